The minimum Gasteiger partial charge on any atom is -0.194 e. The van der Waals surface area contributed by atoms with Crippen molar-refractivity contribution in [2.24, 2.45) is 5.92 Å². The second-order valence-electron chi connectivity index (χ2n) is 10.3. The van der Waals surface area contributed by atoms with Gasteiger partial charge in [0.2, 0.25) is 0 Å². The van der Waals surface area contributed by atoms with Crippen LogP contribution in [0.4, 0.5) is 26.3 Å². The molecule has 7 heteroatoms. The topological polar surface area (TPSA) is 0 Å². The molecule has 0 fully saturated rings. The third kappa shape index (κ3) is 3.73. The molecule has 5 rings (SSSR count). The lowest BCUT2D eigenvalue weighted by Crippen LogP contribution is -2.43. The van der Waals surface area contributed by atoms with Crippen LogP contribution in [0.15, 0.2) is 66.7 Å². The summed E-state index contributed by atoms with van der Waals surface area (Å²) in [5.74, 6) is -16.3. The lowest BCUT2D eigenvalue weighted by molar-refractivity contribution is -0.302. The molecule has 4 aromatic rings. The average molecular weight is 545 g/mol. The Bertz CT molecular complexity index is 1530. The normalized spacial score (nSPS) is 17.9. The number of alkyl halides is 6. The Balaban J connectivity index is 1.98. The maximum Gasteiger partial charge on any atom is 0.380 e. The van der Waals surface area contributed by atoms with E-state index < -0.39 is 34.8 Å². The van der Waals surface area contributed by atoms with Crippen LogP contribution in [0, 0.1) is 5.92 Å². The van der Waals surface area contributed by atoms with Gasteiger partial charge in [0.05, 0.1) is 0 Å². The number of allylic oxidation sites excluding steroid dienone is 1. The van der Waals surface area contributed by atoms with Crippen LogP contribution in [0.25, 0.3) is 32.2 Å². The Labute approximate surface area is 221 Å². The minimum absolute atomic E-state index is 0.192. The summed E-state index contributed by atoms with van der Waals surface area (Å²) >= 11 is 1.17. The summed E-state index contributed by atoms with van der Waals surface area (Å²) in [7, 11) is 0. The largest absolute Gasteiger partial charge is 0.380 e. The molecule has 1 aliphatic carbocycles. The van der Waals surface area contributed by atoms with Gasteiger partial charge in [0.1, 0.15) is 0 Å². The number of hydrogen-bond donors (Lipinski definition) is 0. The fraction of sp³-hybridized carbons (Fsp3) is 0.290. The second kappa shape index (κ2) is 9.01. The van der Waals surface area contributed by atoms with E-state index in [2.05, 4.69) is 0 Å². The highest BCUT2D eigenvalue weighted by molar-refractivity contribution is 7.22. The van der Waals surface area contributed by atoms with Gasteiger partial charge in [-0.25, -0.2) is 0 Å². The molecule has 1 aliphatic rings. The lowest BCUT2D eigenvalue weighted by Gasteiger charge is -2.24. The summed E-state index contributed by atoms with van der Waals surface area (Å²) < 4.78 is 92.3. The van der Waals surface area contributed by atoms with Crippen molar-refractivity contribution in [3.05, 3.63) is 94.5 Å². The van der Waals surface area contributed by atoms with E-state index in [1.54, 1.807) is 74.5 Å². The first kappa shape index (κ1) is 26.5. The lowest BCUT2D eigenvalue weighted by atomic mass is 9.84. The van der Waals surface area contributed by atoms with E-state index in [-0.39, 0.29) is 16.9 Å². The summed E-state index contributed by atoms with van der Waals surface area (Å²) in [4.78, 5) is 0.548. The van der Waals surface area contributed by atoms with Gasteiger partial charge in [-0.15, -0.1) is 11.3 Å². The maximum atomic E-state index is 15.6. The van der Waals surface area contributed by atoms with Crippen LogP contribution in [0.5, 0.6) is 0 Å². The van der Waals surface area contributed by atoms with Crippen LogP contribution < -0.4 is 0 Å². The van der Waals surface area contributed by atoms with E-state index in [0.29, 0.717) is 31.8 Å². The third-order valence-electron chi connectivity index (χ3n) is 7.14. The zero-order chi connectivity index (χ0) is 27.6. The molecule has 0 aliphatic heterocycles. The van der Waals surface area contributed by atoms with Crippen molar-refractivity contribution in [3.63, 3.8) is 0 Å². The fourth-order valence-electron chi connectivity index (χ4n) is 5.30. The molecule has 0 saturated carbocycles. The van der Waals surface area contributed by atoms with Gasteiger partial charge < -0.3 is 0 Å². The molecule has 0 radical (unpaired) electrons. The summed E-state index contributed by atoms with van der Waals surface area (Å²) in [5, 5.41) is -0.239. The molecule has 0 unspecified atom stereocenters. The second-order valence-corrected chi connectivity index (χ2v) is 11.3. The van der Waals surface area contributed by atoms with Crippen molar-refractivity contribution < 1.29 is 26.3 Å². The van der Waals surface area contributed by atoms with E-state index in [9.17, 15) is 8.78 Å². The molecular weight excluding hydrogens is 518 g/mol. The van der Waals surface area contributed by atoms with Crippen molar-refractivity contribution in [3.8, 4) is 10.4 Å². The number of fused-ring (bicyclic) bond motifs is 3. The summed E-state index contributed by atoms with van der Waals surface area (Å²) in [6, 6.07) is 19.2. The van der Waals surface area contributed by atoms with Crippen LogP contribution in [0.2, 0.25) is 0 Å². The van der Waals surface area contributed by atoms with Gasteiger partial charge in [-0.05, 0) is 45.7 Å². The van der Waals surface area contributed by atoms with Crippen molar-refractivity contribution in [1.82, 2.24) is 0 Å². The molecule has 1 aromatic heterocycles. The van der Waals surface area contributed by atoms with Gasteiger partial charge >= 0.3 is 17.8 Å². The summed E-state index contributed by atoms with van der Waals surface area (Å²) in [6.07, 6.45) is 1.43. The molecule has 198 valence electrons. The Morgan fingerprint density at radius 1 is 0.763 bits per heavy atom. The van der Waals surface area contributed by atoms with Gasteiger partial charge in [-0.1, -0.05) is 94.4 Å². The predicted molar refractivity (Wildman–Crippen MR) is 143 cm³/mol. The Morgan fingerprint density at radius 3 is 1.87 bits per heavy atom. The number of benzene rings is 3. The molecule has 0 amide bonds. The predicted octanol–water partition coefficient (Wildman–Crippen LogP) is 10.7. The van der Waals surface area contributed by atoms with E-state index in [1.807, 2.05) is 13.8 Å². The van der Waals surface area contributed by atoms with Crippen LogP contribution in [-0.2, 0) is 11.8 Å². The minimum atomic E-state index is -5.58. The molecule has 0 saturated heterocycles. The molecule has 0 nitrogen and oxygen atoms in total. The molecule has 1 heterocycles. The smallest absolute Gasteiger partial charge is 0.194 e. The van der Waals surface area contributed by atoms with E-state index in [1.165, 1.54) is 23.5 Å². The van der Waals surface area contributed by atoms with Crippen LogP contribution in [-0.4, -0.2) is 5.92 Å². The number of halogens is 6. The first-order valence-electron chi connectivity index (χ1n) is 12.4. The first-order chi connectivity index (χ1) is 17.8. The van der Waals surface area contributed by atoms with Crippen molar-refractivity contribution >= 4 is 33.1 Å². The van der Waals surface area contributed by atoms with Crippen molar-refractivity contribution in [2.75, 3.05) is 0 Å². The van der Waals surface area contributed by atoms with Gasteiger partial charge in [0.25, 0.3) is 0 Å². The summed E-state index contributed by atoms with van der Waals surface area (Å²) in [5.41, 5.74) is -0.402. The van der Waals surface area contributed by atoms with Crippen LogP contribution >= 0.6 is 11.3 Å². The number of rotatable bonds is 5. The highest BCUT2D eigenvalue weighted by atomic mass is 32.1. The maximum absolute atomic E-state index is 15.6. The van der Waals surface area contributed by atoms with E-state index in [4.69, 9.17) is 0 Å². The van der Waals surface area contributed by atoms with Crippen molar-refractivity contribution in [2.45, 2.75) is 51.4 Å². The molecular formula is C31H26F6S. The van der Waals surface area contributed by atoms with Crippen molar-refractivity contribution in [1.29, 1.82) is 0 Å². The third-order valence-corrected chi connectivity index (χ3v) is 8.35. The summed E-state index contributed by atoms with van der Waals surface area (Å²) in [6.45, 7) is 7.24. The standard InChI is InChI=1S/C31H26F6S/c1-17(2)21(19-11-7-5-8-12-19)15-22-25(18(3)4)28-23(16-24(38-28)20-13-9-6-10-14-20)27-26(22)29(32,33)31(36,37)30(27,34)35/h5-18H,1-4H3/b21-15-. The van der Waals surface area contributed by atoms with Gasteiger partial charge in [-0.2, -0.15) is 26.3 Å². The SMILES string of the molecule is CC(C)/C(=C/c1c2c(c3cc(-c4ccccc4)sc3c1C(C)C)C(F)(F)C(F)(F)C2(F)F)c1ccccc1. The van der Waals surface area contributed by atoms with Crippen LogP contribution in [0.3, 0.4) is 0 Å². The molecule has 0 atom stereocenters. The quantitative estimate of drug-likeness (QED) is 0.173. The van der Waals surface area contributed by atoms with Crippen LogP contribution in [0.1, 0.15) is 61.4 Å². The number of hydrogen-bond acceptors (Lipinski definition) is 1. The fourth-order valence-corrected chi connectivity index (χ4v) is 6.68. The van der Waals surface area contributed by atoms with Gasteiger partial charge in [0.15, 0.2) is 0 Å². The number of thiophene rings is 1. The van der Waals surface area contributed by atoms with E-state index in [0.717, 1.165) is 0 Å². The Hall–Kier alpha value is -3.06. The zero-order valence-electron chi connectivity index (χ0n) is 21.3. The Kier molecular flexibility index (Phi) is 6.29. The molecule has 3 aromatic carbocycles. The molecule has 38 heavy (non-hydrogen) atoms. The monoisotopic (exact) mass is 544 g/mol. The molecule has 0 bridgehead atoms. The first-order valence-corrected chi connectivity index (χ1v) is 13.2. The highest BCUT2D eigenvalue weighted by Gasteiger charge is 2.80. The average Bonchev–Trinajstić information content (AvgIpc) is 3.34. The Morgan fingerprint density at radius 2 is 1.32 bits per heavy atom. The zero-order valence-corrected chi connectivity index (χ0v) is 22.1. The highest BCUT2D eigenvalue weighted by Crippen LogP contribution is 2.66. The van der Waals surface area contributed by atoms with Gasteiger partial charge in [0, 0.05) is 26.1 Å². The van der Waals surface area contributed by atoms with E-state index >= 15 is 17.6 Å². The van der Waals surface area contributed by atoms with Gasteiger partial charge in [-0.3, -0.25) is 0 Å². The molecule has 0 spiro atoms. The molecule has 0 N–H and O–H groups in total.